The summed E-state index contributed by atoms with van der Waals surface area (Å²) in [6, 6.07) is 9.18. The predicted octanol–water partition coefficient (Wildman–Crippen LogP) is 4.00. The number of amides is 1. The summed E-state index contributed by atoms with van der Waals surface area (Å²) in [6.45, 7) is 2.70. The van der Waals surface area contributed by atoms with Gasteiger partial charge in [0.2, 0.25) is 5.43 Å². The Balaban J connectivity index is 1.70. The number of pyridine rings is 1. The van der Waals surface area contributed by atoms with Crippen LogP contribution in [0.3, 0.4) is 0 Å². The summed E-state index contributed by atoms with van der Waals surface area (Å²) in [5.74, 6) is -2.56. The van der Waals surface area contributed by atoms with Crippen molar-refractivity contribution in [2.45, 2.75) is 30.0 Å². The zero-order valence-electron chi connectivity index (χ0n) is 19.4. The van der Waals surface area contributed by atoms with E-state index in [1.807, 2.05) is 36.2 Å². The van der Waals surface area contributed by atoms with Gasteiger partial charge in [0.05, 0.1) is 6.61 Å². The van der Waals surface area contributed by atoms with Crippen LogP contribution in [0.15, 0.2) is 52.3 Å². The highest BCUT2D eigenvalue weighted by Crippen LogP contribution is 2.47. The topological polar surface area (TPSA) is 75.0 Å². The first-order valence-corrected chi connectivity index (χ1v) is 12.7. The normalized spacial score (nSPS) is 20.9. The van der Waals surface area contributed by atoms with Crippen molar-refractivity contribution in [3.8, 4) is 11.5 Å². The number of carbonyl (C=O) groups excluding carboxylic acids is 1. The molecular weight excluding hydrogens is 488 g/mol. The highest BCUT2D eigenvalue weighted by atomic mass is 32.2. The van der Waals surface area contributed by atoms with E-state index < -0.39 is 34.8 Å². The fourth-order valence-electron chi connectivity index (χ4n) is 5.25. The lowest BCUT2D eigenvalue weighted by Crippen LogP contribution is -2.56. The van der Waals surface area contributed by atoms with E-state index in [-0.39, 0.29) is 42.0 Å². The van der Waals surface area contributed by atoms with Gasteiger partial charge in [0.15, 0.2) is 23.1 Å². The van der Waals surface area contributed by atoms with Crippen LogP contribution in [-0.4, -0.2) is 40.4 Å². The fourth-order valence-corrected chi connectivity index (χ4v) is 6.36. The molecule has 2 bridgehead atoms. The Morgan fingerprint density at radius 2 is 1.97 bits per heavy atom. The van der Waals surface area contributed by atoms with Gasteiger partial charge in [-0.3, -0.25) is 19.3 Å². The number of aromatic hydroxyl groups is 1. The molecule has 0 spiro atoms. The van der Waals surface area contributed by atoms with Crippen LogP contribution in [0, 0.1) is 17.6 Å². The third-order valence-electron chi connectivity index (χ3n) is 7.02. The maximum atomic E-state index is 15.3. The summed E-state index contributed by atoms with van der Waals surface area (Å²) >= 11 is 1.40. The molecular formula is C26H23F2N3O4S. The number of benzene rings is 2. The number of hydrogen-bond donors (Lipinski definition) is 1. The number of aromatic nitrogens is 1. The van der Waals surface area contributed by atoms with Crippen molar-refractivity contribution >= 4 is 17.7 Å². The quantitative estimate of drug-likeness (QED) is 0.492. The molecule has 3 aliphatic heterocycles. The maximum Gasteiger partial charge on any atom is 0.277 e. The molecule has 10 heteroatoms. The Morgan fingerprint density at radius 3 is 2.81 bits per heavy atom. The van der Waals surface area contributed by atoms with Crippen molar-refractivity contribution < 1.29 is 23.4 Å². The number of hydrogen-bond acceptors (Lipinski definition) is 6. The van der Waals surface area contributed by atoms with Gasteiger partial charge in [-0.25, -0.2) is 8.78 Å². The van der Waals surface area contributed by atoms with Gasteiger partial charge in [-0.05, 0) is 24.0 Å². The van der Waals surface area contributed by atoms with Gasteiger partial charge >= 0.3 is 0 Å². The lowest BCUT2D eigenvalue weighted by Gasteiger charge is -2.44. The average molecular weight is 512 g/mol. The van der Waals surface area contributed by atoms with E-state index in [0.717, 1.165) is 16.5 Å². The Labute approximate surface area is 209 Å². The van der Waals surface area contributed by atoms with Crippen LogP contribution in [0.1, 0.15) is 46.6 Å². The van der Waals surface area contributed by atoms with Crippen LogP contribution < -0.4 is 15.2 Å². The molecule has 0 fully saturated rings. The van der Waals surface area contributed by atoms with Crippen molar-refractivity contribution in [2.24, 2.45) is 5.92 Å². The van der Waals surface area contributed by atoms with Crippen molar-refractivity contribution in [1.29, 1.82) is 0 Å². The molecule has 2 aromatic carbocycles. The van der Waals surface area contributed by atoms with Crippen molar-refractivity contribution in [2.75, 3.05) is 24.8 Å². The molecule has 2 atom stereocenters. The van der Waals surface area contributed by atoms with Gasteiger partial charge in [-0.15, -0.1) is 11.8 Å². The molecule has 3 aliphatic rings. The molecule has 0 saturated carbocycles. The smallest absolute Gasteiger partial charge is 0.277 e. The fraction of sp³-hybridized carbons (Fsp3) is 0.308. The molecule has 0 aliphatic carbocycles. The van der Waals surface area contributed by atoms with E-state index in [2.05, 4.69) is 0 Å². The number of ether oxygens (including phenoxy) is 1. The van der Waals surface area contributed by atoms with E-state index in [4.69, 9.17) is 4.74 Å². The summed E-state index contributed by atoms with van der Waals surface area (Å²) in [6.07, 6.45) is 2.01. The third-order valence-corrected chi connectivity index (χ3v) is 8.13. The molecule has 1 amide bonds. The molecule has 36 heavy (non-hydrogen) atoms. The van der Waals surface area contributed by atoms with Crippen LogP contribution in [0.2, 0.25) is 0 Å². The number of nitrogens with zero attached hydrogens (tertiary/aromatic N) is 3. The van der Waals surface area contributed by atoms with Crippen LogP contribution >= 0.6 is 11.8 Å². The molecule has 6 rings (SSSR count). The first-order chi connectivity index (χ1) is 17.3. The van der Waals surface area contributed by atoms with Crippen LogP contribution in [0.25, 0.3) is 0 Å². The molecule has 1 N–H and O–H groups in total. The number of halogens is 2. The molecule has 2 unspecified atom stereocenters. The minimum absolute atomic E-state index is 0.0143. The van der Waals surface area contributed by atoms with E-state index in [0.29, 0.717) is 18.5 Å². The van der Waals surface area contributed by atoms with E-state index in [1.54, 1.807) is 4.90 Å². The highest BCUT2D eigenvalue weighted by molar-refractivity contribution is 7.98. The molecule has 186 valence electrons. The standard InChI is InChI=1S/C26H23F2N3O4S/c1-14-7-9-35-19-10-17(27)22(28)16-12-36-20-5-3-2-4-15(20)23(21(16)19)31-13-29(11-14)26(34)24-25(33)18(32)6-8-30(24)31/h2-6,8,10,14,23,33H,7,9,11-13H2,1H3. The second-order valence-electron chi connectivity index (χ2n) is 9.36. The van der Waals surface area contributed by atoms with Gasteiger partial charge in [-0.2, -0.15) is 0 Å². The first-order valence-electron chi connectivity index (χ1n) is 11.7. The maximum absolute atomic E-state index is 15.3. The average Bonchev–Trinajstić information content (AvgIpc) is 3.04. The second kappa shape index (κ2) is 8.55. The summed E-state index contributed by atoms with van der Waals surface area (Å²) in [4.78, 5) is 28.3. The second-order valence-corrected chi connectivity index (χ2v) is 10.4. The van der Waals surface area contributed by atoms with Gasteiger partial charge in [0.25, 0.3) is 5.91 Å². The van der Waals surface area contributed by atoms with Gasteiger partial charge in [-0.1, -0.05) is 25.1 Å². The Hall–Kier alpha value is -3.53. The lowest BCUT2D eigenvalue weighted by atomic mass is 9.92. The van der Waals surface area contributed by atoms with Crippen molar-refractivity contribution in [1.82, 2.24) is 9.58 Å². The van der Waals surface area contributed by atoms with Crippen LogP contribution in [-0.2, 0) is 5.75 Å². The number of carbonyl (C=O) groups is 1. The SMILES string of the molecule is CC1CCOc2cc(F)c(F)c3c2C(c2ccccc2SC3)N2CN(C1)C(=O)c1c(O)c(=O)ccn12. The minimum Gasteiger partial charge on any atom is -0.502 e. The van der Waals surface area contributed by atoms with Crippen molar-refractivity contribution in [3.05, 3.63) is 86.8 Å². The minimum atomic E-state index is -0.978. The number of fused-ring (bicyclic) bond motifs is 7. The first kappa shape index (κ1) is 22.9. The molecule has 0 saturated heterocycles. The summed E-state index contributed by atoms with van der Waals surface area (Å²) in [5.41, 5.74) is 0.672. The number of rotatable bonds is 0. The molecule has 7 nitrogen and oxygen atoms in total. The van der Waals surface area contributed by atoms with Crippen molar-refractivity contribution in [3.63, 3.8) is 0 Å². The summed E-state index contributed by atoms with van der Waals surface area (Å²) in [5, 5.41) is 12.5. The summed E-state index contributed by atoms with van der Waals surface area (Å²) < 4.78 is 37.7. The van der Waals surface area contributed by atoms with E-state index in [1.165, 1.54) is 28.7 Å². The Bertz CT molecular complexity index is 1460. The van der Waals surface area contributed by atoms with E-state index in [9.17, 15) is 19.1 Å². The molecule has 4 heterocycles. The number of thioether (sulfide) groups is 1. The molecule has 1 aromatic heterocycles. The largest absolute Gasteiger partial charge is 0.502 e. The Kier molecular flexibility index (Phi) is 5.44. The summed E-state index contributed by atoms with van der Waals surface area (Å²) in [7, 11) is 0. The van der Waals surface area contributed by atoms with Crippen LogP contribution in [0.4, 0.5) is 8.78 Å². The third kappa shape index (κ3) is 3.46. The Morgan fingerprint density at radius 1 is 1.17 bits per heavy atom. The predicted molar refractivity (Wildman–Crippen MR) is 130 cm³/mol. The van der Waals surface area contributed by atoms with Gasteiger partial charge in [0.1, 0.15) is 18.5 Å². The van der Waals surface area contributed by atoms with E-state index >= 15 is 4.39 Å². The van der Waals surface area contributed by atoms with Gasteiger partial charge < -0.3 is 14.7 Å². The van der Waals surface area contributed by atoms with Gasteiger partial charge in [0, 0.05) is 46.6 Å². The van der Waals surface area contributed by atoms with Crippen LogP contribution in [0.5, 0.6) is 11.5 Å². The molecule has 0 radical (unpaired) electrons. The zero-order valence-corrected chi connectivity index (χ0v) is 20.2. The monoisotopic (exact) mass is 511 g/mol. The molecule has 3 aromatic rings. The lowest BCUT2D eigenvalue weighted by molar-refractivity contribution is 0.0647. The highest BCUT2D eigenvalue weighted by Gasteiger charge is 2.41. The zero-order chi connectivity index (χ0) is 25.1.